The lowest BCUT2D eigenvalue weighted by atomic mass is 10.1. The maximum Gasteiger partial charge on any atom is 0.238 e. The fraction of sp³-hybridized carbons (Fsp3) is 0.250. The van der Waals surface area contributed by atoms with Crippen LogP contribution in [0.5, 0.6) is 0 Å². The third kappa shape index (κ3) is 4.60. The van der Waals surface area contributed by atoms with Gasteiger partial charge in [-0.05, 0) is 49.4 Å². The first-order chi connectivity index (χ1) is 10.7. The Bertz CT molecular complexity index is 794. The van der Waals surface area contributed by atoms with Gasteiger partial charge in [-0.1, -0.05) is 34.1 Å². The van der Waals surface area contributed by atoms with Gasteiger partial charge in [0, 0.05) is 17.1 Å². The zero-order valence-corrected chi connectivity index (χ0v) is 15.2. The maximum atomic E-state index is 13.1. The van der Waals surface area contributed by atoms with Crippen molar-refractivity contribution in [2.75, 3.05) is 7.05 Å². The number of nitrogens with zero attached hydrogens (tertiary/aromatic N) is 1. The number of primary sulfonamides is 1. The van der Waals surface area contributed by atoms with E-state index in [1.807, 2.05) is 14.0 Å². The molecule has 0 aliphatic carbocycles. The Labute approximate surface area is 144 Å². The van der Waals surface area contributed by atoms with Gasteiger partial charge in [-0.3, -0.25) is 4.90 Å². The quantitative estimate of drug-likeness (QED) is 0.835. The largest absolute Gasteiger partial charge is 0.295 e. The topological polar surface area (TPSA) is 63.4 Å². The van der Waals surface area contributed by atoms with E-state index in [0.29, 0.717) is 6.54 Å². The smallest absolute Gasteiger partial charge is 0.238 e. The highest BCUT2D eigenvalue weighted by molar-refractivity contribution is 9.10. The number of benzene rings is 2. The molecule has 0 bridgehead atoms. The highest BCUT2D eigenvalue weighted by atomic mass is 79.9. The van der Waals surface area contributed by atoms with Crippen molar-refractivity contribution in [2.45, 2.75) is 24.4 Å². The molecule has 1 unspecified atom stereocenters. The van der Waals surface area contributed by atoms with Gasteiger partial charge < -0.3 is 0 Å². The van der Waals surface area contributed by atoms with Gasteiger partial charge in [0.25, 0.3) is 0 Å². The molecule has 0 aliphatic rings. The van der Waals surface area contributed by atoms with Crippen LogP contribution < -0.4 is 5.14 Å². The standard InChI is InChI=1S/C16H18BrFN2O2S/c1-11(12-4-7-15(8-5-12)23(19,21)22)20(2)10-13-3-6-14(18)9-16(13)17/h3-9,11H,10H2,1-2H3,(H2,19,21,22). The highest BCUT2D eigenvalue weighted by Gasteiger charge is 2.15. The molecule has 0 spiro atoms. The lowest BCUT2D eigenvalue weighted by Gasteiger charge is -2.25. The molecule has 2 N–H and O–H groups in total. The van der Waals surface area contributed by atoms with Crippen molar-refractivity contribution >= 4 is 26.0 Å². The molecule has 1 atom stereocenters. The maximum absolute atomic E-state index is 13.1. The van der Waals surface area contributed by atoms with Gasteiger partial charge >= 0.3 is 0 Å². The first-order valence-corrected chi connectivity index (χ1v) is 9.29. The lowest BCUT2D eigenvalue weighted by Crippen LogP contribution is -2.22. The highest BCUT2D eigenvalue weighted by Crippen LogP contribution is 2.25. The summed E-state index contributed by atoms with van der Waals surface area (Å²) in [5.74, 6) is -0.282. The molecule has 2 aromatic rings. The summed E-state index contributed by atoms with van der Waals surface area (Å²) in [6.07, 6.45) is 0. The number of rotatable bonds is 5. The summed E-state index contributed by atoms with van der Waals surface area (Å²) in [7, 11) is -1.73. The second-order valence-corrected chi connectivity index (χ2v) is 7.86. The monoisotopic (exact) mass is 400 g/mol. The lowest BCUT2D eigenvalue weighted by molar-refractivity contribution is 0.252. The van der Waals surface area contributed by atoms with Crippen LogP contribution in [0, 0.1) is 5.82 Å². The Balaban J connectivity index is 2.14. The zero-order chi connectivity index (χ0) is 17.2. The molecule has 0 heterocycles. The van der Waals surface area contributed by atoms with Crippen molar-refractivity contribution in [1.82, 2.24) is 4.90 Å². The number of nitrogens with two attached hydrogens (primary N) is 1. The van der Waals surface area contributed by atoms with E-state index in [4.69, 9.17) is 5.14 Å². The van der Waals surface area contributed by atoms with Gasteiger partial charge in [-0.25, -0.2) is 17.9 Å². The summed E-state index contributed by atoms with van der Waals surface area (Å²) in [5, 5.41) is 5.10. The van der Waals surface area contributed by atoms with Gasteiger partial charge in [-0.15, -0.1) is 0 Å². The van der Waals surface area contributed by atoms with Crippen molar-refractivity contribution in [1.29, 1.82) is 0 Å². The van der Waals surface area contributed by atoms with Crippen molar-refractivity contribution in [2.24, 2.45) is 5.14 Å². The number of halogens is 2. The van der Waals surface area contributed by atoms with E-state index in [-0.39, 0.29) is 16.8 Å². The summed E-state index contributed by atoms with van der Waals surface area (Å²) in [6.45, 7) is 2.64. The molecule has 0 aromatic heterocycles. The van der Waals surface area contributed by atoms with Gasteiger partial charge in [-0.2, -0.15) is 0 Å². The molecule has 0 saturated carbocycles. The van der Waals surface area contributed by atoms with Gasteiger partial charge in [0.15, 0.2) is 0 Å². The third-order valence-electron chi connectivity index (χ3n) is 3.79. The molecule has 124 valence electrons. The summed E-state index contributed by atoms with van der Waals surface area (Å²) < 4.78 is 36.4. The van der Waals surface area contributed by atoms with Crippen LogP contribution in [0.1, 0.15) is 24.1 Å². The molecule has 23 heavy (non-hydrogen) atoms. The summed E-state index contributed by atoms with van der Waals surface area (Å²) >= 11 is 3.37. The minimum atomic E-state index is -3.68. The molecular formula is C16H18BrFN2O2S. The second kappa shape index (κ2) is 7.09. The molecule has 4 nitrogen and oxygen atoms in total. The summed E-state index contributed by atoms with van der Waals surface area (Å²) in [4.78, 5) is 2.18. The van der Waals surface area contributed by atoms with Gasteiger partial charge in [0.1, 0.15) is 5.82 Å². The Morgan fingerprint density at radius 1 is 1.22 bits per heavy atom. The Kier molecular flexibility index (Phi) is 5.57. The van der Waals surface area contributed by atoms with Crippen molar-refractivity contribution in [3.8, 4) is 0 Å². The van der Waals surface area contributed by atoms with E-state index in [9.17, 15) is 12.8 Å². The third-order valence-corrected chi connectivity index (χ3v) is 5.45. The van der Waals surface area contributed by atoms with Crippen molar-refractivity contribution < 1.29 is 12.8 Å². The van der Waals surface area contributed by atoms with E-state index in [1.54, 1.807) is 18.2 Å². The van der Waals surface area contributed by atoms with E-state index >= 15 is 0 Å². The SMILES string of the molecule is CC(c1ccc(S(N)(=O)=O)cc1)N(C)Cc1ccc(F)cc1Br. The Hall–Kier alpha value is -1.28. The van der Waals surface area contributed by atoms with Crippen molar-refractivity contribution in [3.05, 3.63) is 63.9 Å². The van der Waals surface area contributed by atoms with E-state index in [2.05, 4.69) is 20.8 Å². The molecule has 0 aliphatic heterocycles. The number of hydrogen-bond donors (Lipinski definition) is 1. The number of hydrogen-bond acceptors (Lipinski definition) is 3. The van der Waals surface area contributed by atoms with Crippen LogP contribution in [0.15, 0.2) is 51.8 Å². The Morgan fingerprint density at radius 3 is 2.35 bits per heavy atom. The average molecular weight is 401 g/mol. The molecule has 0 amide bonds. The molecule has 0 saturated heterocycles. The first-order valence-electron chi connectivity index (χ1n) is 6.95. The fourth-order valence-electron chi connectivity index (χ4n) is 2.25. The predicted octanol–water partition coefficient (Wildman–Crippen LogP) is 3.43. The average Bonchev–Trinajstić information content (AvgIpc) is 2.48. The van der Waals surface area contributed by atoms with Crippen LogP contribution in [-0.2, 0) is 16.6 Å². The van der Waals surface area contributed by atoms with Crippen LogP contribution in [0.25, 0.3) is 0 Å². The summed E-state index contributed by atoms with van der Waals surface area (Å²) in [5.41, 5.74) is 1.94. The van der Waals surface area contributed by atoms with Crippen LogP contribution >= 0.6 is 15.9 Å². The van der Waals surface area contributed by atoms with Gasteiger partial charge in [0.2, 0.25) is 10.0 Å². The molecule has 7 heteroatoms. The first kappa shape index (κ1) is 18.1. The normalized spacial score (nSPS) is 13.3. The molecule has 2 rings (SSSR count). The Morgan fingerprint density at radius 2 is 1.83 bits per heavy atom. The van der Waals surface area contributed by atoms with Gasteiger partial charge in [0.05, 0.1) is 4.90 Å². The minimum absolute atomic E-state index is 0.0569. The van der Waals surface area contributed by atoms with Crippen molar-refractivity contribution in [3.63, 3.8) is 0 Å². The van der Waals surface area contributed by atoms with Crippen LogP contribution in [0.4, 0.5) is 4.39 Å². The molecule has 0 fully saturated rings. The predicted molar refractivity (Wildman–Crippen MR) is 91.8 cm³/mol. The summed E-state index contributed by atoms with van der Waals surface area (Å²) in [6, 6.07) is 11.2. The van der Waals surface area contributed by atoms with Crippen LogP contribution in [0.3, 0.4) is 0 Å². The van der Waals surface area contributed by atoms with E-state index < -0.39 is 10.0 Å². The number of sulfonamides is 1. The van der Waals surface area contributed by atoms with Crippen LogP contribution in [-0.4, -0.2) is 20.4 Å². The van der Waals surface area contributed by atoms with Crippen LogP contribution in [0.2, 0.25) is 0 Å². The second-order valence-electron chi connectivity index (χ2n) is 5.44. The molecule has 0 radical (unpaired) electrons. The fourth-order valence-corrected chi connectivity index (χ4v) is 3.24. The molecule has 2 aromatic carbocycles. The molecular weight excluding hydrogens is 383 g/mol. The minimum Gasteiger partial charge on any atom is -0.295 e. The van der Waals surface area contributed by atoms with E-state index in [0.717, 1.165) is 15.6 Å². The zero-order valence-electron chi connectivity index (χ0n) is 12.8. The van der Waals surface area contributed by atoms with E-state index in [1.165, 1.54) is 24.3 Å².